The molecule has 4 aliphatic rings. The van der Waals surface area contributed by atoms with Gasteiger partial charge in [-0.2, -0.15) is 0 Å². The van der Waals surface area contributed by atoms with E-state index in [9.17, 15) is 0 Å². The molecule has 0 heteroatoms. The molecular weight excluding hydrogens is 492 g/mol. The Morgan fingerprint density at radius 3 is 2.27 bits per heavy atom. The van der Waals surface area contributed by atoms with Gasteiger partial charge in [-0.05, 0) is 101 Å². The van der Waals surface area contributed by atoms with Gasteiger partial charge in [0, 0.05) is 11.3 Å². The first-order valence-corrected chi connectivity index (χ1v) is 15.7. The fourth-order valence-electron chi connectivity index (χ4n) is 7.79. The second-order valence-electron chi connectivity index (χ2n) is 12.8. The van der Waals surface area contributed by atoms with E-state index in [4.69, 9.17) is 0 Å². The maximum absolute atomic E-state index is 4.08. The highest BCUT2D eigenvalue weighted by atomic mass is 14.5. The van der Waals surface area contributed by atoms with Crippen molar-refractivity contribution >= 4 is 17.7 Å². The molecule has 0 heterocycles. The first-order chi connectivity index (χ1) is 19.6. The number of benzene rings is 2. The zero-order valence-corrected chi connectivity index (χ0v) is 26.6. The first kappa shape index (κ1) is 29.1. The number of allylic oxidation sites excluding steroid dienone is 11. The van der Waals surface area contributed by atoms with Crippen LogP contribution in [0.5, 0.6) is 0 Å². The molecule has 212 valence electrons. The highest BCUT2D eigenvalue weighted by Gasteiger charge is 2.47. The third kappa shape index (κ3) is 4.90. The maximum Gasteiger partial charge on any atom is 0.0174 e. The summed E-state index contributed by atoms with van der Waals surface area (Å²) in [4.78, 5) is 0. The predicted molar refractivity (Wildman–Crippen MR) is 181 cm³/mol. The van der Waals surface area contributed by atoms with Gasteiger partial charge in [-0.15, -0.1) is 0 Å². The second kappa shape index (κ2) is 11.5. The van der Waals surface area contributed by atoms with Gasteiger partial charge in [-0.3, -0.25) is 0 Å². The molecule has 0 aliphatic heterocycles. The topological polar surface area (TPSA) is 0 Å². The molecule has 2 atom stereocenters. The smallest absolute Gasteiger partial charge is 0.0174 e. The molecule has 0 fully saturated rings. The monoisotopic (exact) mass is 540 g/mol. The van der Waals surface area contributed by atoms with Crippen LogP contribution < -0.4 is 0 Å². The average Bonchev–Trinajstić information content (AvgIpc) is 3.28. The van der Waals surface area contributed by atoms with Crippen LogP contribution in [0, 0.1) is 11.8 Å². The largest absolute Gasteiger partial charge is 0.0918 e. The van der Waals surface area contributed by atoms with Gasteiger partial charge < -0.3 is 0 Å². The minimum absolute atomic E-state index is 0.265. The van der Waals surface area contributed by atoms with Gasteiger partial charge in [0.25, 0.3) is 0 Å². The summed E-state index contributed by atoms with van der Waals surface area (Å²) in [5.74, 6) is 1.69. The molecule has 2 aromatic rings. The number of rotatable bonds is 3. The van der Waals surface area contributed by atoms with Crippen molar-refractivity contribution in [1.82, 2.24) is 0 Å². The highest BCUT2D eigenvalue weighted by Crippen LogP contribution is 2.59. The van der Waals surface area contributed by atoms with Crippen molar-refractivity contribution in [3.05, 3.63) is 135 Å². The van der Waals surface area contributed by atoms with Crippen molar-refractivity contribution < 1.29 is 0 Å². The lowest BCUT2D eigenvalue weighted by atomic mass is 9.65. The van der Waals surface area contributed by atoms with E-state index >= 15 is 0 Å². The standard InChI is InChI=1S/C21H28.C20H20/c1-7-21(8-2)18-12-10-9-11-17(18)19-15(5)13(3)14(4)16(6)20(19)21;1-14(2)18-12-10-17-9-8-16-6-4-5-15(3)7-11-19(18)20(17)13-16/h9-12,15-16H,7-8H2,1-6H3;4-12,14H,3,13H2,1-2H3. The second-order valence-corrected chi connectivity index (χ2v) is 12.8. The van der Waals surface area contributed by atoms with Crippen LogP contribution in [0.25, 0.3) is 17.7 Å². The van der Waals surface area contributed by atoms with E-state index in [1.807, 2.05) is 0 Å². The van der Waals surface area contributed by atoms with Crippen molar-refractivity contribution in [3.8, 4) is 0 Å². The maximum atomic E-state index is 4.08. The fourth-order valence-corrected chi connectivity index (χ4v) is 7.79. The van der Waals surface area contributed by atoms with Crippen LogP contribution in [0.2, 0.25) is 0 Å². The van der Waals surface area contributed by atoms with Gasteiger partial charge in [0.2, 0.25) is 0 Å². The summed E-state index contributed by atoms with van der Waals surface area (Å²) in [6.45, 7) is 22.8. The third-order valence-electron chi connectivity index (χ3n) is 10.5. The molecule has 0 nitrogen and oxygen atoms in total. The van der Waals surface area contributed by atoms with Crippen LogP contribution in [0.1, 0.15) is 108 Å². The fraction of sp³-hybridized carbons (Fsp3) is 0.366. The summed E-state index contributed by atoms with van der Waals surface area (Å²) in [6.07, 6.45) is 18.6. The zero-order chi connectivity index (χ0) is 29.5. The first-order valence-electron chi connectivity index (χ1n) is 15.7. The van der Waals surface area contributed by atoms with Crippen LogP contribution >= 0.6 is 0 Å². The summed E-state index contributed by atoms with van der Waals surface area (Å²) in [5, 5.41) is 0. The predicted octanol–water partition coefficient (Wildman–Crippen LogP) is 11.6. The summed E-state index contributed by atoms with van der Waals surface area (Å²) in [7, 11) is 0. The van der Waals surface area contributed by atoms with E-state index in [2.05, 4.69) is 141 Å². The Morgan fingerprint density at radius 1 is 0.854 bits per heavy atom. The van der Waals surface area contributed by atoms with Crippen molar-refractivity contribution in [2.45, 2.75) is 86.0 Å². The molecule has 0 radical (unpaired) electrons. The Balaban J connectivity index is 0.000000165. The van der Waals surface area contributed by atoms with Crippen LogP contribution in [-0.4, -0.2) is 0 Å². The Kier molecular flexibility index (Phi) is 8.15. The molecule has 41 heavy (non-hydrogen) atoms. The van der Waals surface area contributed by atoms with Crippen LogP contribution in [0.3, 0.4) is 0 Å². The highest BCUT2D eigenvalue weighted by molar-refractivity contribution is 5.85. The lowest BCUT2D eigenvalue weighted by Gasteiger charge is -2.39. The minimum atomic E-state index is 0.265. The number of hydrogen-bond donors (Lipinski definition) is 0. The van der Waals surface area contributed by atoms with E-state index < -0.39 is 0 Å². The van der Waals surface area contributed by atoms with Gasteiger partial charge in [0.05, 0.1) is 0 Å². The van der Waals surface area contributed by atoms with E-state index in [-0.39, 0.29) is 5.41 Å². The molecule has 4 aliphatic carbocycles. The van der Waals surface area contributed by atoms with Crippen LogP contribution in [0.4, 0.5) is 0 Å². The Hall–Kier alpha value is -3.38. The number of fused-ring (bicyclic) bond motifs is 3. The number of hydrogen-bond acceptors (Lipinski definition) is 0. The molecule has 2 bridgehead atoms. The van der Waals surface area contributed by atoms with Crippen LogP contribution in [0.15, 0.2) is 101 Å². The SMILES string of the molecule is C=C1C=CC=C2C=Cc3ccc(C(C)C)c(c3C2)C=C1.CCC1(CC)C2=C(c3ccccc31)C(C)C(C)=C(C)C2C. The molecule has 0 aromatic heterocycles. The molecule has 2 unspecified atom stereocenters. The molecule has 2 aromatic carbocycles. The van der Waals surface area contributed by atoms with E-state index in [1.54, 1.807) is 27.9 Å². The quantitative estimate of drug-likeness (QED) is 0.340. The van der Waals surface area contributed by atoms with Crippen molar-refractivity contribution in [1.29, 1.82) is 0 Å². The van der Waals surface area contributed by atoms with Gasteiger partial charge in [-0.25, -0.2) is 0 Å². The molecule has 0 amide bonds. The summed E-state index contributed by atoms with van der Waals surface area (Å²) >= 11 is 0. The lowest BCUT2D eigenvalue weighted by molar-refractivity contribution is 0.436. The Labute approximate surface area is 249 Å². The summed E-state index contributed by atoms with van der Waals surface area (Å²) in [5.41, 5.74) is 17.9. The van der Waals surface area contributed by atoms with E-state index in [1.165, 1.54) is 46.2 Å². The van der Waals surface area contributed by atoms with Crippen molar-refractivity contribution in [2.24, 2.45) is 11.8 Å². The summed E-state index contributed by atoms with van der Waals surface area (Å²) < 4.78 is 0. The molecular formula is C41H48. The lowest BCUT2D eigenvalue weighted by Crippen LogP contribution is -2.30. The zero-order valence-electron chi connectivity index (χ0n) is 26.6. The Morgan fingerprint density at radius 2 is 1.56 bits per heavy atom. The van der Waals surface area contributed by atoms with Gasteiger partial charge in [0.1, 0.15) is 0 Å². The average molecular weight is 541 g/mol. The molecule has 0 N–H and O–H groups in total. The van der Waals surface area contributed by atoms with E-state index in [0.29, 0.717) is 17.8 Å². The third-order valence-corrected chi connectivity index (χ3v) is 10.5. The minimum Gasteiger partial charge on any atom is -0.0918 e. The van der Waals surface area contributed by atoms with Gasteiger partial charge in [-0.1, -0.05) is 138 Å². The van der Waals surface area contributed by atoms with Gasteiger partial charge in [0.15, 0.2) is 0 Å². The normalized spacial score (nSPS) is 21.9. The summed E-state index contributed by atoms with van der Waals surface area (Å²) in [6, 6.07) is 13.7. The van der Waals surface area contributed by atoms with E-state index in [0.717, 1.165) is 12.0 Å². The van der Waals surface area contributed by atoms with Crippen LogP contribution in [-0.2, 0) is 11.8 Å². The molecule has 0 saturated carbocycles. The molecule has 0 spiro atoms. The molecule has 6 rings (SSSR count). The Bertz CT molecular complexity index is 1550. The van der Waals surface area contributed by atoms with Gasteiger partial charge >= 0.3 is 0 Å². The van der Waals surface area contributed by atoms with Crippen molar-refractivity contribution in [2.75, 3.05) is 0 Å². The molecule has 0 saturated heterocycles. The van der Waals surface area contributed by atoms with Crippen molar-refractivity contribution in [3.63, 3.8) is 0 Å².